The topological polar surface area (TPSA) is 29.5 Å². The van der Waals surface area contributed by atoms with Crippen molar-refractivity contribution in [1.29, 1.82) is 0 Å². The summed E-state index contributed by atoms with van der Waals surface area (Å²) in [6, 6.07) is 11.2. The molecule has 0 heterocycles. The lowest BCUT2D eigenvalue weighted by molar-refractivity contribution is -0.124. The monoisotopic (exact) mass is 341 g/mol. The molecule has 3 heteroatoms. The molecule has 0 amide bonds. The van der Waals surface area contributed by atoms with Gasteiger partial charge in [-0.25, -0.2) is 0 Å². The average molecular weight is 341 g/mol. The van der Waals surface area contributed by atoms with Gasteiger partial charge in [-0.15, -0.1) is 0 Å². The number of ketones is 1. The van der Waals surface area contributed by atoms with E-state index < -0.39 is 0 Å². The quantitative estimate of drug-likeness (QED) is 0.618. The summed E-state index contributed by atoms with van der Waals surface area (Å²) in [5.74, 6) is 0.108. The summed E-state index contributed by atoms with van der Waals surface area (Å²) < 4.78 is 5.72. The first-order valence-electron chi connectivity index (χ1n) is 9.29. The Morgan fingerprint density at radius 1 is 1.24 bits per heavy atom. The Kier molecular flexibility index (Phi) is 8.10. The number of Topliss-reactive ketones (excluding diaryl/α,β-unsaturated/α-hetero) is 1. The maximum absolute atomic E-state index is 11.1. The minimum absolute atomic E-state index is 0.108. The lowest BCUT2D eigenvalue weighted by Crippen LogP contribution is -2.40. The molecule has 0 bridgehead atoms. The number of rotatable bonds is 9. The lowest BCUT2D eigenvalue weighted by Gasteiger charge is -2.37. The molecule has 1 aromatic carbocycles. The zero-order chi connectivity index (χ0) is 18.1. The van der Waals surface area contributed by atoms with Crippen LogP contribution in [0.1, 0.15) is 45.1 Å². The van der Waals surface area contributed by atoms with Gasteiger partial charge in [0.2, 0.25) is 0 Å². The van der Waals surface area contributed by atoms with Gasteiger partial charge >= 0.3 is 0 Å². The van der Waals surface area contributed by atoms with Crippen LogP contribution in [-0.4, -0.2) is 36.0 Å². The number of nitrogens with zero attached hydrogens (tertiary/aromatic N) is 1. The van der Waals surface area contributed by atoms with Crippen LogP contribution in [0.3, 0.4) is 0 Å². The van der Waals surface area contributed by atoms with E-state index in [1.54, 1.807) is 6.92 Å². The summed E-state index contributed by atoms with van der Waals surface area (Å²) in [6.45, 7) is 9.74. The third-order valence-electron chi connectivity index (χ3n) is 4.93. The number of ether oxygens (including phenoxy) is 1. The Balaban J connectivity index is 1.98. The highest BCUT2D eigenvalue weighted by molar-refractivity contribution is 5.76. The summed E-state index contributed by atoms with van der Waals surface area (Å²) in [5, 5.41) is 0. The van der Waals surface area contributed by atoms with Gasteiger partial charge < -0.3 is 4.74 Å². The summed E-state index contributed by atoms with van der Waals surface area (Å²) in [5.41, 5.74) is 2.61. The van der Waals surface area contributed by atoms with Gasteiger partial charge in [-0.05, 0) is 50.7 Å². The van der Waals surface area contributed by atoms with Crippen molar-refractivity contribution in [3.8, 4) is 0 Å². The van der Waals surface area contributed by atoms with Crippen LogP contribution >= 0.6 is 0 Å². The minimum Gasteiger partial charge on any atom is -0.370 e. The predicted molar refractivity (Wildman–Crippen MR) is 103 cm³/mol. The standard InChI is InChI=1S/C22H31NO2/c1-4-19(5-2)15-23(16-20-9-7-6-8-10-20)21-11-13-22(14-12-21)25-17-18(3)24/h4-10,21-22H,1,11-17H2,2-3H3/b19-5+. The van der Waals surface area contributed by atoms with Crippen LogP contribution < -0.4 is 0 Å². The SMILES string of the molecule is C=C/C(=C\C)CN(Cc1ccccc1)C1CCC(OCC(C)=O)CC1. The number of carbonyl (C=O) groups excluding carboxylic acids is 1. The summed E-state index contributed by atoms with van der Waals surface area (Å²) >= 11 is 0. The zero-order valence-electron chi connectivity index (χ0n) is 15.6. The third kappa shape index (κ3) is 6.60. The molecule has 3 nitrogen and oxygen atoms in total. The smallest absolute Gasteiger partial charge is 0.155 e. The lowest BCUT2D eigenvalue weighted by atomic mass is 9.91. The van der Waals surface area contributed by atoms with E-state index in [-0.39, 0.29) is 18.5 Å². The molecule has 1 aliphatic carbocycles. The van der Waals surface area contributed by atoms with E-state index in [1.165, 1.54) is 11.1 Å². The number of allylic oxidation sites excluding steroid dienone is 1. The first kappa shape index (κ1) is 19.6. The van der Waals surface area contributed by atoms with E-state index in [9.17, 15) is 4.79 Å². The Hall–Kier alpha value is -1.71. The van der Waals surface area contributed by atoms with E-state index >= 15 is 0 Å². The molecule has 0 aromatic heterocycles. The Bertz CT molecular complexity index is 571. The fourth-order valence-electron chi connectivity index (χ4n) is 3.45. The van der Waals surface area contributed by atoms with Crippen molar-refractivity contribution in [1.82, 2.24) is 4.90 Å². The fraction of sp³-hybridized carbons (Fsp3) is 0.500. The van der Waals surface area contributed by atoms with Gasteiger partial charge in [-0.2, -0.15) is 0 Å². The Morgan fingerprint density at radius 2 is 1.92 bits per heavy atom. The molecule has 2 rings (SSSR count). The highest BCUT2D eigenvalue weighted by Crippen LogP contribution is 2.27. The van der Waals surface area contributed by atoms with Crippen molar-refractivity contribution in [3.63, 3.8) is 0 Å². The van der Waals surface area contributed by atoms with Crippen LogP contribution in [0.15, 0.2) is 54.6 Å². The molecule has 25 heavy (non-hydrogen) atoms. The molecule has 1 aromatic rings. The molecule has 0 unspecified atom stereocenters. The Labute approximate surface area is 152 Å². The average Bonchev–Trinajstić information content (AvgIpc) is 2.64. The van der Waals surface area contributed by atoms with Crippen molar-refractivity contribution in [2.75, 3.05) is 13.2 Å². The van der Waals surface area contributed by atoms with Crippen LogP contribution in [0.2, 0.25) is 0 Å². The molecule has 136 valence electrons. The third-order valence-corrected chi connectivity index (χ3v) is 4.93. The maximum Gasteiger partial charge on any atom is 0.155 e. The normalized spacial score (nSPS) is 21.3. The predicted octanol–water partition coefficient (Wildman–Crippen LogP) is 4.54. The van der Waals surface area contributed by atoms with E-state index in [2.05, 4.69) is 54.8 Å². The largest absolute Gasteiger partial charge is 0.370 e. The van der Waals surface area contributed by atoms with E-state index in [4.69, 9.17) is 4.74 Å². The van der Waals surface area contributed by atoms with Gasteiger partial charge in [0, 0.05) is 19.1 Å². The van der Waals surface area contributed by atoms with Gasteiger partial charge in [-0.1, -0.05) is 49.1 Å². The summed E-state index contributed by atoms with van der Waals surface area (Å²) in [6.07, 6.45) is 8.63. The number of benzene rings is 1. The van der Waals surface area contributed by atoms with Crippen LogP contribution in [-0.2, 0) is 16.1 Å². The van der Waals surface area contributed by atoms with Crippen LogP contribution in [0.4, 0.5) is 0 Å². The molecule has 0 radical (unpaired) electrons. The maximum atomic E-state index is 11.1. The van der Waals surface area contributed by atoms with Gasteiger partial charge in [0.15, 0.2) is 5.78 Å². The molecule has 1 fully saturated rings. The Morgan fingerprint density at radius 3 is 2.48 bits per heavy atom. The van der Waals surface area contributed by atoms with Gasteiger partial charge in [0.1, 0.15) is 6.61 Å². The number of hydrogen-bond donors (Lipinski definition) is 0. The molecule has 0 N–H and O–H groups in total. The molecular formula is C22H31NO2. The molecule has 0 aliphatic heterocycles. The second kappa shape index (κ2) is 10.3. The van der Waals surface area contributed by atoms with Crippen molar-refractivity contribution in [3.05, 3.63) is 60.2 Å². The first-order valence-corrected chi connectivity index (χ1v) is 9.29. The van der Waals surface area contributed by atoms with Crippen LogP contribution in [0.5, 0.6) is 0 Å². The van der Waals surface area contributed by atoms with Crippen LogP contribution in [0, 0.1) is 0 Å². The second-order valence-corrected chi connectivity index (χ2v) is 6.90. The van der Waals surface area contributed by atoms with E-state index in [0.717, 1.165) is 38.8 Å². The van der Waals surface area contributed by atoms with Crippen LogP contribution in [0.25, 0.3) is 0 Å². The second-order valence-electron chi connectivity index (χ2n) is 6.90. The number of carbonyl (C=O) groups is 1. The molecular weight excluding hydrogens is 310 g/mol. The van der Waals surface area contributed by atoms with Gasteiger partial charge in [0.25, 0.3) is 0 Å². The molecule has 1 saturated carbocycles. The molecule has 0 atom stereocenters. The van der Waals surface area contributed by atoms with Gasteiger partial charge in [-0.3, -0.25) is 9.69 Å². The molecule has 1 aliphatic rings. The zero-order valence-corrected chi connectivity index (χ0v) is 15.6. The minimum atomic E-state index is 0.108. The highest BCUT2D eigenvalue weighted by atomic mass is 16.5. The highest BCUT2D eigenvalue weighted by Gasteiger charge is 2.26. The summed E-state index contributed by atoms with van der Waals surface area (Å²) in [7, 11) is 0. The fourth-order valence-corrected chi connectivity index (χ4v) is 3.45. The van der Waals surface area contributed by atoms with Crippen molar-refractivity contribution < 1.29 is 9.53 Å². The van der Waals surface area contributed by atoms with Crippen molar-refractivity contribution in [2.45, 2.75) is 58.2 Å². The van der Waals surface area contributed by atoms with Crippen molar-refractivity contribution >= 4 is 5.78 Å². The number of hydrogen-bond acceptors (Lipinski definition) is 3. The van der Waals surface area contributed by atoms with Crippen molar-refractivity contribution in [2.24, 2.45) is 0 Å². The summed E-state index contributed by atoms with van der Waals surface area (Å²) in [4.78, 5) is 13.7. The van der Waals surface area contributed by atoms with Gasteiger partial charge in [0.05, 0.1) is 6.10 Å². The first-order chi connectivity index (χ1) is 12.1. The van der Waals surface area contributed by atoms with E-state index in [1.807, 2.05) is 6.08 Å². The molecule has 0 spiro atoms. The molecule has 0 saturated heterocycles. The van der Waals surface area contributed by atoms with E-state index in [0.29, 0.717) is 6.04 Å².